The van der Waals surface area contributed by atoms with Gasteiger partial charge in [0.2, 0.25) is 0 Å². The Balaban J connectivity index is -0.0000000600. The monoisotopic (exact) mass is 220 g/mol. The minimum atomic E-state index is 0. The maximum absolute atomic E-state index is 10.1. The van der Waals surface area contributed by atoms with Crippen LogP contribution in [0, 0.1) is 6.92 Å². The summed E-state index contributed by atoms with van der Waals surface area (Å²) in [4.78, 5) is 10.1. The molecule has 0 aromatic heterocycles. The summed E-state index contributed by atoms with van der Waals surface area (Å²) < 4.78 is 0. The van der Waals surface area contributed by atoms with Crippen LogP contribution in [-0.4, -0.2) is 5.78 Å². The first kappa shape index (κ1) is 22.4. The van der Waals surface area contributed by atoms with E-state index in [0.29, 0.717) is 6.42 Å². The summed E-state index contributed by atoms with van der Waals surface area (Å²) in [6, 6.07) is 0. The van der Waals surface area contributed by atoms with E-state index in [-0.39, 0.29) is 53.3 Å². The number of unbranched alkanes of at least 4 members (excludes halogenated alkanes) is 1. The van der Waals surface area contributed by atoms with E-state index in [9.17, 15) is 4.79 Å². The van der Waals surface area contributed by atoms with Gasteiger partial charge in [-0.1, -0.05) is 28.2 Å². The fraction of sp³-hybridized carbons (Fsp3) is 0.750. The van der Waals surface area contributed by atoms with Crippen LogP contribution in [0.4, 0.5) is 0 Å². The fourth-order valence-electron chi connectivity index (χ4n) is 0.374. The van der Waals surface area contributed by atoms with Crippen LogP contribution in [-0.2, 0) is 37.5 Å². The second-order valence-corrected chi connectivity index (χ2v) is 1.64. The van der Waals surface area contributed by atoms with Crippen LogP contribution >= 0.6 is 0 Å². The largest absolute Gasteiger partial charge is 0.339 e. The quantitative estimate of drug-likeness (QED) is 0.668. The molecule has 0 saturated carbocycles. The van der Waals surface area contributed by atoms with E-state index in [1.807, 2.05) is 0 Å². The molecule has 10 heavy (non-hydrogen) atoms. The number of rotatable bonds is 3. The zero-order chi connectivity index (χ0) is 5.70. The second kappa shape index (κ2) is 16.3. The van der Waals surface area contributed by atoms with E-state index in [2.05, 4.69) is 13.8 Å². The van der Waals surface area contributed by atoms with E-state index in [1.54, 1.807) is 0 Å². The predicted molar refractivity (Wildman–Crippen MR) is 43.4 cm³/mol. The van der Waals surface area contributed by atoms with Gasteiger partial charge in [-0.15, -0.1) is 0 Å². The molecule has 0 fully saturated rings. The van der Waals surface area contributed by atoms with Gasteiger partial charge >= 0.3 is 0 Å². The number of Topliss-reactive ketones (excluding diaryl/α,β-unsaturated/α-hetero) is 1. The molecule has 0 aliphatic carbocycles. The minimum Gasteiger partial charge on any atom is -0.339 e. The summed E-state index contributed by atoms with van der Waals surface area (Å²) in [5.41, 5.74) is 0. The van der Waals surface area contributed by atoms with Crippen molar-refractivity contribution in [2.75, 3.05) is 0 Å². The van der Waals surface area contributed by atoms with Crippen molar-refractivity contribution in [2.45, 2.75) is 41.0 Å². The molecule has 0 aromatic carbocycles. The van der Waals surface area contributed by atoms with Crippen molar-refractivity contribution in [3.8, 4) is 0 Å². The van der Waals surface area contributed by atoms with Crippen molar-refractivity contribution in [3.63, 3.8) is 0 Å². The number of hydrogen-bond acceptors (Lipinski definition) is 1. The van der Waals surface area contributed by atoms with Crippen LogP contribution in [0.5, 0.6) is 0 Å². The zero-order valence-electron chi connectivity index (χ0n) is 5.31. The third-order valence-electron chi connectivity index (χ3n) is 0.809. The maximum atomic E-state index is 10.1. The molecule has 0 bridgehead atoms. The smallest absolute Gasteiger partial charge is 0 e. The van der Waals surface area contributed by atoms with Crippen LogP contribution in [0.25, 0.3) is 0 Å². The molecule has 0 rings (SSSR count). The Morgan fingerprint density at radius 3 is 1.90 bits per heavy atom. The number of carbonyl (C=O) groups is 1. The van der Waals surface area contributed by atoms with Crippen LogP contribution in [0.2, 0.25) is 0 Å². The zero-order valence-corrected chi connectivity index (χ0v) is 8.15. The normalized spacial score (nSPS) is 6.10. The number of carbonyl (C=O) groups excluding carboxylic acids is 1. The summed E-state index contributed by atoms with van der Waals surface area (Å²) >= 11 is 0. The summed E-state index contributed by atoms with van der Waals surface area (Å²) in [6.07, 6.45) is 2.72. The van der Waals surface area contributed by atoms with Crippen molar-refractivity contribution >= 4 is 5.78 Å². The van der Waals surface area contributed by atoms with E-state index in [4.69, 9.17) is 0 Å². The van der Waals surface area contributed by atoms with Gasteiger partial charge in [0.15, 0.2) is 0 Å². The van der Waals surface area contributed by atoms with Crippen molar-refractivity contribution < 1.29 is 37.5 Å². The molecule has 0 spiro atoms. The molecular formula is C8H19OY-. The standard InChI is InChI=1S/C6H11O.2CH4.Y/c1-3-4-5-6(2)7;;;/h2-5H2,1H3;2*1H4;/q-1;;;. The molecule has 0 aliphatic rings. The first-order chi connectivity index (χ1) is 3.27. The van der Waals surface area contributed by atoms with Gasteiger partial charge in [-0.2, -0.15) is 0 Å². The molecule has 0 unspecified atom stereocenters. The summed E-state index contributed by atoms with van der Waals surface area (Å²) in [5.74, 6) is 0.0573. The Hall–Kier alpha value is 0.644. The van der Waals surface area contributed by atoms with Crippen LogP contribution in [0.15, 0.2) is 0 Å². The van der Waals surface area contributed by atoms with Crippen molar-refractivity contribution in [1.29, 1.82) is 0 Å². The average molecular weight is 220 g/mol. The van der Waals surface area contributed by atoms with Gasteiger partial charge in [0, 0.05) is 32.7 Å². The van der Waals surface area contributed by atoms with E-state index in [0.717, 1.165) is 12.8 Å². The molecule has 0 N–H and O–H groups in total. The van der Waals surface area contributed by atoms with Gasteiger partial charge in [-0.3, -0.25) is 0 Å². The summed E-state index contributed by atoms with van der Waals surface area (Å²) in [7, 11) is 0. The SMILES string of the molecule is C.C.[CH2-]C(=O)CCCC.[Y]. The van der Waals surface area contributed by atoms with Crippen molar-refractivity contribution in [3.05, 3.63) is 6.92 Å². The first-order valence-electron chi connectivity index (χ1n) is 2.62. The molecule has 1 nitrogen and oxygen atoms in total. The van der Waals surface area contributed by atoms with E-state index < -0.39 is 0 Å². The first-order valence-corrected chi connectivity index (χ1v) is 2.62. The number of ketones is 1. The summed E-state index contributed by atoms with van der Waals surface area (Å²) in [5, 5.41) is 0. The van der Waals surface area contributed by atoms with Gasteiger partial charge in [-0.25, -0.2) is 0 Å². The Labute approximate surface area is 90.9 Å². The molecule has 0 heterocycles. The van der Waals surface area contributed by atoms with Crippen LogP contribution in [0.3, 0.4) is 0 Å². The molecule has 61 valence electrons. The third kappa shape index (κ3) is 23.4. The predicted octanol–water partition coefficient (Wildman–Crippen LogP) is 2.85. The van der Waals surface area contributed by atoms with E-state index in [1.165, 1.54) is 0 Å². The van der Waals surface area contributed by atoms with Gasteiger partial charge < -0.3 is 11.7 Å². The molecular weight excluding hydrogens is 201 g/mol. The molecule has 0 aliphatic heterocycles. The molecule has 0 atom stereocenters. The molecule has 0 saturated heterocycles. The number of hydrogen-bond donors (Lipinski definition) is 0. The Morgan fingerprint density at radius 1 is 1.40 bits per heavy atom. The minimum absolute atomic E-state index is 0. The molecule has 0 aromatic rings. The van der Waals surface area contributed by atoms with E-state index >= 15 is 0 Å². The fourth-order valence-corrected chi connectivity index (χ4v) is 0.374. The van der Waals surface area contributed by atoms with Gasteiger partial charge in [0.25, 0.3) is 0 Å². The molecule has 1 radical (unpaired) electrons. The Morgan fingerprint density at radius 2 is 1.80 bits per heavy atom. The topological polar surface area (TPSA) is 17.1 Å². The van der Waals surface area contributed by atoms with Gasteiger partial charge in [0.05, 0.1) is 0 Å². The van der Waals surface area contributed by atoms with Crippen molar-refractivity contribution in [1.82, 2.24) is 0 Å². The average Bonchev–Trinajstić information content (AvgIpc) is 1.61. The third-order valence-corrected chi connectivity index (χ3v) is 0.809. The van der Waals surface area contributed by atoms with Gasteiger partial charge in [0.1, 0.15) is 0 Å². The Bertz CT molecular complexity index is 62.3. The van der Waals surface area contributed by atoms with Crippen molar-refractivity contribution in [2.24, 2.45) is 0 Å². The Kier molecular flexibility index (Phi) is 36.6. The van der Waals surface area contributed by atoms with Crippen LogP contribution in [0.1, 0.15) is 41.0 Å². The summed E-state index contributed by atoms with van der Waals surface area (Å²) in [6.45, 7) is 5.30. The molecule has 0 amide bonds. The van der Waals surface area contributed by atoms with Crippen LogP contribution < -0.4 is 0 Å². The molecule has 2 heteroatoms. The second-order valence-electron chi connectivity index (χ2n) is 1.64. The van der Waals surface area contributed by atoms with Gasteiger partial charge in [-0.05, 0) is 18.6 Å². The maximum Gasteiger partial charge on any atom is 0 e.